The van der Waals surface area contributed by atoms with Crippen molar-refractivity contribution in [3.8, 4) is 11.5 Å². The Kier molecular flexibility index (Phi) is 5.77. The highest BCUT2D eigenvalue weighted by molar-refractivity contribution is 5.88. The number of methoxy groups -OCH3 is 1. The molecule has 1 spiro atoms. The number of aliphatic hydroxyl groups excluding tert-OH is 1. The Labute approximate surface area is 207 Å². The lowest BCUT2D eigenvalue weighted by Gasteiger charge is -2.61. The SMILES string of the molecule is COc1ccc2c3c1O[C@H]1C(OC(=O)C[C@H](NC(=O)[C@H](C)O)C(=O)O)=CC[C@@]4(O)[C@H](C2)N(C)CC[C@]314. The van der Waals surface area contributed by atoms with Crippen LogP contribution in [0.15, 0.2) is 24.0 Å². The summed E-state index contributed by atoms with van der Waals surface area (Å²) in [4.78, 5) is 38.4. The molecule has 2 bridgehead atoms. The minimum Gasteiger partial charge on any atom is -0.493 e. The molecular formula is C25H30N2O9. The van der Waals surface area contributed by atoms with Gasteiger partial charge < -0.3 is 39.7 Å². The Morgan fingerprint density at radius 2 is 2.08 bits per heavy atom. The van der Waals surface area contributed by atoms with Gasteiger partial charge in [-0.1, -0.05) is 6.07 Å². The summed E-state index contributed by atoms with van der Waals surface area (Å²) in [5, 5.41) is 33.1. The van der Waals surface area contributed by atoms with Crippen LogP contribution in [0.25, 0.3) is 0 Å². The first-order chi connectivity index (χ1) is 17.0. The second kappa shape index (κ2) is 8.46. The lowest BCUT2D eigenvalue weighted by atomic mass is 9.50. The van der Waals surface area contributed by atoms with Crippen LogP contribution in [0, 0.1) is 0 Å². The summed E-state index contributed by atoms with van der Waals surface area (Å²) in [6.45, 7) is 1.90. The molecule has 1 saturated heterocycles. The number of rotatable bonds is 7. The number of aliphatic hydroxyl groups is 2. The zero-order valence-corrected chi connectivity index (χ0v) is 20.3. The lowest BCUT2D eigenvalue weighted by molar-refractivity contribution is -0.169. The summed E-state index contributed by atoms with van der Waals surface area (Å²) in [6.07, 6.45) is 0.176. The van der Waals surface area contributed by atoms with E-state index < -0.39 is 53.5 Å². The molecular weight excluding hydrogens is 472 g/mol. The van der Waals surface area contributed by atoms with Crippen LogP contribution in [-0.4, -0.2) is 88.7 Å². The fraction of sp³-hybridized carbons (Fsp3) is 0.560. The molecule has 0 unspecified atom stereocenters. The standard InChI is InChI=1S/C25H30N2O9/c1-12(28)22(30)26-14(23(31)32)11-18(29)35-16-6-7-25(33)17-10-13-4-5-15(34-3)20-19(13)24(25,21(16)36-20)8-9-27(17)2/h4-6,12,14,17,21,28,33H,7-11H2,1-3H3,(H,26,30)(H,31,32)/t12-,14-,17-,21-,24-,25+/m0/s1. The highest BCUT2D eigenvalue weighted by Gasteiger charge is 2.72. The topological polar surface area (TPSA) is 155 Å². The van der Waals surface area contributed by atoms with Crippen molar-refractivity contribution in [3.63, 3.8) is 0 Å². The van der Waals surface area contributed by atoms with Crippen LogP contribution in [0.3, 0.4) is 0 Å². The molecule has 6 atom stereocenters. The summed E-state index contributed by atoms with van der Waals surface area (Å²) in [5.41, 5.74) is -0.0968. The van der Waals surface area contributed by atoms with Gasteiger partial charge in [-0.25, -0.2) is 4.79 Å². The Balaban J connectivity index is 1.48. The fourth-order valence-corrected chi connectivity index (χ4v) is 6.42. The van der Waals surface area contributed by atoms with E-state index in [1.165, 1.54) is 14.0 Å². The predicted octanol–water partition coefficient (Wildman–Crippen LogP) is -0.144. The molecule has 2 aliphatic carbocycles. The highest BCUT2D eigenvalue weighted by atomic mass is 16.6. The van der Waals surface area contributed by atoms with Crippen molar-refractivity contribution < 1.29 is 43.9 Å². The first-order valence-corrected chi connectivity index (χ1v) is 11.9. The molecule has 194 valence electrons. The predicted molar refractivity (Wildman–Crippen MR) is 123 cm³/mol. The van der Waals surface area contributed by atoms with Crippen molar-refractivity contribution in [1.82, 2.24) is 10.2 Å². The van der Waals surface area contributed by atoms with Crippen LogP contribution in [0.1, 0.15) is 37.3 Å². The molecule has 1 fully saturated rings. The number of esters is 1. The van der Waals surface area contributed by atoms with Gasteiger partial charge in [0.1, 0.15) is 17.9 Å². The van der Waals surface area contributed by atoms with Crippen molar-refractivity contribution in [3.05, 3.63) is 35.1 Å². The number of likely N-dealkylation sites (N-methyl/N-ethyl adjacent to an activating group) is 1. The molecule has 0 aromatic heterocycles. The van der Waals surface area contributed by atoms with Gasteiger partial charge in [0.15, 0.2) is 17.6 Å². The minimum absolute atomic E-state index is 0.162. The van der Waals surface area contributed by atoms with Gasteiger partial charge in [0.2, 0.25) is 5.91 Å². The summed E-state index contributed by atoms with van der Waals surface area (Å²) >= 11 is 0. The van der Waals surface area contributed by atoms with Gasteiger partial charge in [-0.3, -0.25) is 9.59 Å². The zero-order valence-electron chi connectivity index (χ0n) is 20.3. The number of nitrogens with one attached hydrogen (secondary N) is 1. The van der Waals surface area contributed by atoms with E-state index in [1.54, 1.807) is 6.08 Å². The van der Waals surface area contributed by atoms with Crippen LogP contribution in [0.4, 0.5) is 0 Å². The summed E-state index contributed by atoms with van der Waals surface area (Å²) in [7, 11) is 3.53. The second-order valence-corrected chi connectivity index (χ2v) is 10.0. The Hall–Kier alpha value is -3.15. The molecule has 2 heterocycles. The van der Waals surface area contributed by atoms with Gasteiger partial charge in [-0.2, -0.15) is 0 Å². The molecule has 36 heavy (non-hydrogen) atoms. The average molecular weight is 503 g/mol. The second-order valence-electron chi connectivity index (χ2n) is 10.0. The first-order valence-electron chi connectivity index (χ1n) is 11.9. The number of piperidine rings is 1. The molecule has 11 heteroatoms. The lowest BCUT2D eigenvalue weighted by Crippen LogP contribution is -2.74. The molecule has 1 amide bonds. The van der Waals surface area contributed by atoms with Crippen LogP contribution in [-0.2, 0) is 31.0 Å². The van der Waals surface area contributed by atoms with E-state index in [4.69, 9.17) is 14.2 Å². The van der Waals surface area contributed by atoms with E-state index in [0.29, 0.717) is 30.9 Å². The number of nitrogens with zero attached hydrogens (tertiary/aromatic N) is 1. The number of aliphatic carboxylic acids is 1. The largest absolute Gasteiger partial charge is 0.493 e. The van der Waals surface area contributed by atoms with Gasteiger partial charge in [-0.05, 0) is 51.1 Å². The van der Waals surface area contributed by atoms with Gasteiger partial charge >= 0.3 is 11.9 Å². The van der Waals surface area contributed by atoms with E-state index in [9.17, 15) is 29.7 Å². The normalized spacial score (nSPS) is 31.3. The van der Waals surface area contributed by atoms with Gasteiger partial charge in [0, 0.05) is 18.0 Å². The number of carbonyl (C=O) groups is 3. The Morgan fingerprint density at radius 1 is 1.33 bits per heavy atom. The van der Waals surface area contributed by atoms with Crippen molar-refractivity contribution >= 4 is 17.8 Å². The van der Waals surface area contributed by atoms with Crippen molar-refractivity contribution in [2.45, 2.75) is 67.9 Å². The molecule has 0 radical (unpaired) electrons. The van der Waals surface area contributed by atoms with Crippen molar-refractivity contribution in [2.75, 3.05) is 20.7 Å². The maximum Gasteiger partial charge on any atom is 0.326 e. The first kappa shape index (κ1) is 24.5. The zero-order chi connectivity index (χ0) is 26.0. The number of carbonyl (C=O) groups excluding carboxylic acids is 2. The Morgan fingerprint density at radius 3 is 2.75 bits per heavy atom. The molecule has 0 saturated carbocycles. The number of amides is 1. The van der Waals surface area contributed by atoms with E-state index >= 15 is 0 Å². The molecule has 5 rings (SSSR count). The maximum atomic E-state index is 12.8. The van der Waals surface area contributed by atoms with Crippen LogP contribution in [0.5, 0.6) is 11.5 Å². The highest BCUT2D eigenvalue weighted by Crippen LogP contribution is 2.65. The summed E-state index contributed by atoms with van der Waals surface area (Å²) in [6, 6.07) is 2.09. The molecule has 1 aromatic rings. The summed E-state index contributed by atoms with van der Waals surface area (Å²) in [5.74, 6) is -1.98. The number of likely N-dealkylation sites (tertiary alicyclic amines) is 1. The monoisotopic (exact) mass is 502 g/mol. The molecule has 4 N–H and O–H groups in total. The van der Waals surface area contributed by atoms with E-state index in [0.717, 1.165) is 11.1 Å². The van der Waals surface area contributed by atoms with Crippen molar-refractivity contribution in [1.29, 1.82) is 0 Å². The number of carboxylic acid groups (broad SMARTS) is 1. The van der Waals surface area contributed by atoms with Gasteiger partial charge in [0.05, 0.1) is 24.5 Å². The number of ether oxygens (including phenoxy) is 3. The van der Waals surface area contributed by atoms with E-state index in [1.807, 2.05) is 19.2 Å². The maximum absolute atomic E-state index is 12.8. The quantitative estimate of drug-likeness (QED) is 0.370. The number of carboxylic acids is 1. The third-order valence-electron chi connectivity index (χ3n) is 8.15. The third-order valence-corrected chi connectivity index (χ3v) is 8.15. The van der Waals surface area contributed by atoms with Crippen molar-refractivity contribution in [2.24, 2.45) is 0 Å². The molecule has 11 nitrogen and oxygen atoms in total. The molecule has 4 aliphatic rings. The molecule has 1 aromatic carbocycles. The summed E-state index contributed by atoms with van der Waals surface area (Å²) < 4.78 is 17.6. The number of hydrogen-bond donors (Lipinski definition) is 4. The van der Waals surface area contributed by atoms with E-state index in [2.05, 4.69) is 10.2 Å². The molecule has 2 aliphatic heterocycles. The van der Waals surface area contributed by atoms with Crippen LogP contribution in [0.2, 0.25) is 0 Å². The third kappa shape index (κ3) is 3.33. The smallest absolute Gasteiger partial charge is 0.326 e. The average Bonchev–Trinajstić information content (AvgIpc) is 3.18. The van der Waals surface area contributed by atoms with Crippen LogP contribution < -0.4 is 14.8 Å². The minimum atomic E-state index is -1.57. The van der Waals surface area contributed by atoms with Crippen LogP contribution >= 0.6 is 0 Å². The Bertz CT molecular complexity index is 1160. The fourth-order valence-electron chi connectivity index (χ4n) is 6.42. The number of hydrogen-bond acceptors (Lipinski definition) is 9. The number of benzene rings is 1. The van der Waals surface area contributed by atoms with E-state index in [-0.39, 0.29) is 18.2 Å². The van der Waals surface area contributed by atoms with Gasteiger partial charge in [-0.15, -0.1) is 0 Å². The van der Waals surface area contributed by atoms with Gasteiger partial charge in [0.25, 0.3) is 0 Å².